The highest BCUT2D eigenvalue weighted by Crippen LogP contribution is 2.06. The number of pyridine rings is 1. The molecule has 0 saturated heterocycles. The molecule has 1 amide bonds. The van der Waals surface area contributed by atoms with Crippen molar-refractivity contribution in [1.82, 2.24) is 20.9 Å². The molecule has 1 aromatic heterocycles. The molecule has 0 radical (unpaired) electrons. The van der Waals surface area contributed by atoms with Gasteiger partial charge in [-0.05, 0) is 43.7 Å². The van der Waals surface area contributed by atoms with Gasteiger partial charge in [0.25, 0.3) is 5.91 Å². The number of rotatable bonds is 8. The Labute approximate surface area is 178 Å². The van der Waals surface area contributed by atoms with Gasteiger partial charge in [0, 0.05) is 43.5 Å². The maximum atomic E-state index is 11.9. The SMILES string of the molecule is CCNC(=O)c1cccc(CN=C(NCC)NCCc2ccccn2)c1.I. The van der Waals surface area contributed by atoms with Crippen LogP contribution in [0.4, 0.5) is 0 Å². The van der Waals surface area contributed by atoms with Crippen LogP contribution in [0.5, 0.6) is 0 Å². The number of amides is 1. The molecule has 0 saturated carbocycles. The zero-order chi connectivity index (χ0) is 18.6. The normalized spacial score (nSPS) is 10.7. The van der Waals surface area contributed by atoms with Crippen molar-refractivity contribution in [3.8, 4) is 0 Å². The van der Waals surface area contributed by atoms with Crippen LogP contribution in [0.2, 0.25) is 0 Å². The van der Waals surface area contributed by atoms with E-state index in [2.05, 4.69) is 25.9 Å². The molecule has 0 bridgehead atoms. The van der Waals surface area contributed by atoms with E-state index in [1.54, 1.807) is 6.20 Å². The molecule has 3 N–H and O–H groups in total. The van der Waals surface area contributed by atoms with E-state index in [4.69, 9.17) is 0 Å². The Morgan fingerprint density at radius 3 is 2.56 bits per heavy atom. The molecule has 146 valence electrons. The van der Waals surface area contributed by atoms with Crippen LogP contribution in [0.1, 0.15) is 35.5 Å². The Kier molecular flexibility index (Phi) is 11.1. The van der Waals surface area contributed by atoms with Gasteiger partial charge in [0.05, 0.1) is 6.54 Å². The second-order valence-electron chi connectivity index (χ2n) is 5.75. The minimum atomic E-state index is -0.0567. The predicted octanol–water partition coefficient (Wildman–Crippen LogP) is 2.75. The lowest BCUT2D eigenvalue weighted by Crippen LogP contribution is -2.38. The van der Waals surface area contributed by atoms with Crippen molar-refractivity contribution in [2.24, 2.45) is 4.99 Å². The van der Waals surface area contributed by atoms with Crippen LogP contribution >= 0.6 is 24.0 Å². The molecule has 27 heavy (non-hydrogen) atoms. The summed E-state index contributed by atoms with van der Waals surface area (Å²) in [5, 5.41) is 9.37. The first-order valence-corrected chi connectivity index (χ1v) is 9.02. The number of hydrogen-bond donors (Lipinski definition) is 3. The molecular weight excluding hydrogens is 453 g/mol. The highest BCUT2D eigenvalue weighted by atomic mass is 127. The lowest BCUT2D eigenvalue weighted by Gasteiger charge is -2.11. The van der Waals surface area contributed by atoms with Crippen molar-refractivity contribution in [2.75, 3.05) is 19.6 Å². The number of hydrogen-bond acceptors (Lipinski definition) is 3. The predicted molar refractivity (Wildman–Crippen MR) is 121 cm³/mol. The number of carbonyl (C=O) groups is 1. The molecule has 2 rings (SSSR count). The highest BCUT2D eigenvalue weighted by Gasteiger charge is 2.05. The minimum Gasteiger partial charge on any atom is -0.357 e. The van der Waals surface area contributed by atoms with Gasteiger partial charge in [0.2, 0.25) is 0 Å². The van der Waals surface area contributed by atoms with Crippen LogP contribution in [0.25, 0.3) is 0 Å². The van der Waals surface area contributed by atoms with Gasteiger partial charge < -0.3 is 16.0 Å². The van der Waals surface area contributed by atoms with Gasteiger partial charge in [0.15, 0.2) is 5.96 Å². The average Bonchev–Trinajstić information content (AvgIpc) is 2.67. The van der Waals surface area contributed by atoms with Gasteiger partial charge in [-0.1, -0.05) is 18.2 Å². The van der Waals surface area contributed by atoms with Gasteiger partial charge >= 0.3 is 0 Å². The van der Waals surface area contributed by atoms with Crippen LogP contribution in [0.3, 0.4) is 0 Å². The maximum absolute atomic E-state index is 11.9. The summed E-state index contributed by atoms with van der Waals surface area (Å²) in [4.78, 5) is 20.9. The van der Waals surface area contributed by atoms with E-state index in [0.717, 1.165) is 36.7 Å². The summed E-state index contributed by atoms with van der Waals surface area (Å²) in [5.74, 6) is 0.700. The molecule has 0 aliphatic carbocycles. The number of aliphatic imine (C=N–C) groups is 1. The second kappa shape index (κ2) is 13.1. The zero-order valence-corrected chi connectivity index (χ0v) is 18.2. The first kappa shape index (κ1) is 22.9. The molecule has 0 atom stereocenters. The average molecular weight is 481 g/mol. The van der Waals surface area contributed by atoms with Crippen LogP contribution in [0, 0.1) is 0 Å². The van der Waals surface area contributed by atoms with E-state index in [1.165, 1.54) is 0 Å². The monoisotopic (exact) mass is 481 g/mol. The van der Waals surface area contributed by atoms with Gasteiger partial charge in [-0.3, -0.25) is 9.78 Å². The van der Waals surface area contributed by atoms with Crippen LogP contribution in [0.15, 0.2) is 53.7 Å². The Hall–Kier alpha value is -2.16. The third-order valence-corrected chi connectivity index (χ3v) is 3.69. The summed E-state index contributed by atoms with van der Waals surface area (Å²) >= 11 is 0. The summed E-state index contributed by atoms with van der Waals surface area (Å²) in [5.41, 5.74) is 2.70. The van der Waals surface area contributed by atoms with E-state index in [9.17, 15) is 4.79 Å². The fraction of sp³-hybridized carbons (Fsp3) is 0.350. The number of guanidine groups is 1. The summed E-state index contributed by atoms with van der Waals surface area (Å²) < 4.78 is 0. The number of aromatic nitrogens is 1. The Balaban J connectivity index is 0.00000364. The minimum absolute atomic E-state index is 0. The molecular formula is C20H28IN5O. The largest absolute Gasteiger partial charge is 0.357 e. The number of nitrogens with one attached hydrogen (secondary N) is 3. The van der Waals surface area contributed by atoms with Gasteiger partial charge in [-0.2, -0.15) is 0 Å². The third-order valence-electron chi connectivity index (χ3n) is 3.69. The van der Waals surface area contributed by atoms with E-state index in [0.29, 0.717) is 18.7 Å². The lowest BCUT2D eigenvalue weighted by atomic mass is 10.1. The molecule has 0 aliphatic heterocycles. The third kappa shape index (κ3) is 8.38. The van der Waals surface area contributed by atoms with Crippen LogP contribution in [-0.4, -0.2) is 36.5 Å². The topological polar surface area (TPSA) is 78.4 Å². The fourth-order valence-electron chi connectivity index (χ4n) is 2.44. The molecule has 0 fully saturated rings. The molecule has 0 aliphatic rings. The van der Waals surface area contributed by atoms with Crippen molar-refractivity contribution in [1.29, 1.82) is 0 Å². The Bertz CT molecular complexity index is 721. The standard InChI is InChI=1S/C20H27N5O.HI/c1-3-21-19(26)17-9-7-8-16(14-17)15-25-20(22-4-2)24-13-11-18-10-5-6-12-23-18;/h5-10,12,14H,3-4,11,13,15H2,1-2H3,(H,21,26)(H2,22,24,25);1H. The quantitative estimate of drug-likeness (QED) is 0.308. The van der Waals surface area contributed by atoms with E-state index >= 15 is 0 Å². The first-order valence-electron chi connectivity index (χ1n) is 9.02. The number of halogens is 1. The van der Waals surface area contributed by atoms with Crippen LogP contribution < -0.4 is 16.0 Å². The molecule has 0 unspecified atom stereocenters. The van der Waals surface area contributed by atoms with Gasteiger partial charge in [-0.25, -0.2) is 4.99 Å². The summed E-state index contributed by atoms with van der Waals surface area (Å²) in [7, 11) is 0. The van der Waals surface area contributed by atoms with Gasteiger partial charge in [-0.15, -0.1) is 24.0 Å². The molecule has 0 spiro atoms. The van der Waals surface area contributed by atoms with Crippen molar-refractivity contribution in [2.45, 2.75) is 26.8 Å². The molecule has 1 heterocycles. The summed E-state index contributed by atoms with van der Waals surface area (Å²) in [6.45, 7) is 6.60. The van der Waals surface area contributed by atoms with Crippen molar-refractivity contribution < 1.29 is 4.79 Å². The summed E-state index contributed by atoms with van der Waals surface area (Å²) in [6.07, 6.45) is 2.63. The fourth-order valence-corrected chi connectivity index (χ4v) is 2.44. The summed E-state index contributed by atoms with van der Waals surface area (Å²) in [6, 6.07) is 13.5. The van der Waals surface area contributed by atoms with Crippen molar-refractivity contribution >= 4 is 35.8 Å². The zero-order valence-electron chi connectivity index (χ0n) is 15.9. The Morgan fingerprint density at radius 1 is 1.04 bits per heavy atom. The van der Waals surface area contributed by atoms with E-state index in [-0.39, 0.29) is 29.9 Å². The van der Waals surface area contributed by atoms with Crippen LogP contribution in [-0.2, 0) is 13.0 Å². The molecule has 1 aromatic carbocycles. The number of benzene rings is 1. The molecule has 6 nitrogen and oxygen atoms in total. The van der Waals surface area contributed by atoms with Crippen molar-refractivity contribution in [3.63, 3.8) is 0 Å². The first-order chi connectivity index (χ1) is 12.7. The Morgan fingerprint density at radius 2 is 1.85 bits per heavy atom. The number of carbonyl (C=O) groups excluding carboxylic acids is 1. The number of nitrogens with zero attached hydrogens (tertiary/aromatic N) is 2. The lowest BCUT2D eigenvalue weighted by molar-refractivity contribution is 0.0955. The van der Waals surface area contributed by atoms with E-state index < -0.39 is 0 Å². The second-order valence-corrected chi connectivity index (χ2v) is 5.75. The van der Waals surface area contributed by atoms with E-state index in [1.807, 2.05) is 56.3 Å². The van der Waals surface area contributed by atoms with Crippen molar-refractivity contribution in [3.05, 3.63) is 65.5 Å². The highest BCUT2D eigenvalue weighted by molar-refractivity contribution is 14.0. The van der Waals surface area contributed by atoms with Gasteiger partial charge in [0.1, 0.15) is 0 Å². The smallest absolute Gasteiger partial charge is 0.251 e. The maximum Gasteiger partial charge on any atom is 0.251 e. The molecule has 2 aromatic rings. The molecule has 7 heteroatoms.